The number of benzene rings is 1. The highest BCUT2D eigenvalue weighted by atomic mass is 19.4. The van der Waals surface area contributed by atoms with E-state index in [-0.39, 0.29) is 29.2 Å². The molecule has 0 aliphatic rings. The minimum absolute atomic E-state index is 0.0273. The van der Waals surface area contributed by atoms with Crippen LogP contribution in [0.3, 0.4) is 0 Å². The van der Waals surface area contributed by atoms with Gasteiger partial charge in [-0.1, -0.05) is 18.2 Å². The van der Waals surface area contributed by atoms with Gasteiger partial charge in [0.15, 0.2) is 0 Å². The van der Waals surface area contributed by atoms with Crippen LogP contribution >= 0.6 is 0 Å². The van der Waals surface area contributed by atoms with Crippen LogP contribution in [0.2, 0.25) is 0 Å². The summed E-state index contributed by atoms with van der Waals surface area (Å²) in [4.78, 5) is 3.96. The zero-order valence-electron chi connectivity index (χ0n) is 9.78. The lowest BCUT2D eigenvalue weighted by Gasteiger charge is -2.14. The van der Waals surface area contributed by atoms with Gasteiger partial charge in [-0.05, 0) is 18.2 Å². The van der Waals surface area contributed by atoms with Crippen LogP contribution in [0.5, 0.6) is 0 Å². The van der Waals surface area contributed by atoms with E-state index >= 15 is 0 Å². The van der Waals surface area contributed by atoms with Gasteiger partial charge in [0.1, 0.15) is 0 Å². The highest BCUT2D eigenvalue weighted by Gasteiger charge is 2.34. The predicted octanol–water partition coefficient (Wildman–Crippen LogP) is 2.84. The molecule has 0 amide bonds. The number of aliphatic hydroxyl groups excluding tert-OH is 1. The molecule has 0 fully saturated rings. The van der Waals surface area contributed by atoms with Gasteiger partial charge in [0, 0.05) is 5.56 Å². The normalized spacial score (nSPS) is 11.6. The highest BCUT2D eigenvalue weighted by Crippen LogP contribution is 2.37. The van der Waals surface area contributed by atoms with E-state index in [0.29, 0.717) is 0 Å². The molecule has 0 aliphatic heterocycles. The molecule has 6 heteroatoms. The third kappa shape index (κ3) is 2.68. The maximum Gasteiger partial charge on any atom is 0.417 e. The first-order valence-corrected chi connectivity index (χ1v) is 5.46. The maximum absolute atomic E-state index is 12.9. The van der Waals surface area contributed by atoms with Crippen molar-refractivity contribution in [3.63, 3.8) is 0 Å². The van der Waals surface area contributed by atoms with Crippen LogP contribution in [0.4, 0.5) is 18.9 Å². The largest absolute Gasteiger partial charge is 0.417 e. The zero-order chi connectivity index (χ0) is 14.0. The minimum atomic E-state index is -4.49. The van der Waals surface area contributed by atoms with Crippen LogP contribution < -0.4 is 5.73 Å². The zero-order valence-corrected chi connectivity index (χ0v) is 9.78. The molecular weight excluding hydrogens is 257 g/mol. The van der Waals surface area contributed by atoms with E-state index in [4.69, 9.17) is 10.8 Å². The molecule has 0 atom stereocenters. The average molecular weight is 268 g/mol. The molecule has 19 heavy (non-hydrogen) atoms. The summed E-state index contributed by atoms with van der Waals surface area (Å²) in [7, 11) is 0. The van der Waals surface area contributed by atoms with Gasteiger partial charge in [-0.3, -0.25) is 0 Å². The van der Waals surface area contributed by atoms with Gasteiger partial charge in [-0.15, -0.1) is 0 Å². The first kappa shape index (κ1) is 13.4. The molecule has 0 aliphatic carbocycles. The predicted molar refractivity (Wildman–Crippen MR) is 65.0 cm³/mol. The van der Waals surface area contributed by atoms with E-state index in [0.717, 1.165) is 6.07 Å². The van der Waals surface area contributed by atoms with Gasteiger partial charge in [-0.25, -0.2) is 4.98 Å². The number of nitrogen functional groups attached to an aromatic ring is 1. The summed E-state index contributed by atoms with van der Waals surface area (Å²) in [6.07, 6.45) is -4.49. The molecule has 0 unspecified atom stereocenters. The second-order valence-electron chi connectivity index (χ2n) is 3.94. The summed E-state index contributed by atoms with van der Waals surface area (Å²) in [5.41, 5.74) is 5.21. The first-order valence-electron chi connectivity index (χ1n) is 5.46. The van der Waals surface area contributed by atoms with Crippen LogP contribution in [0, 0.1) is 0 Å². The van der Waals surface area contributed by atoms with Crippen LogP contribution in [0.25, 0.3) is 11.3 Å². The third-order valence-electron chi connectivity index (χ3n) is 2.63. The number of pyridine rings is 1. The molecule has 1 heterocycles. The standard InChI is InChI=1S/C13H11F3N2O/c14-13(15,16)10-4-2-1-3-9(10)12-11(17)6-5-8(7-19)18-12/h1-6,19H,7,17H2. The van der Waals surface area contributed by atoms with Crippen molar-refractivity contribution in [3.8, 4) is 11.3 Å². The Morgan fingerprint density at radius 2 is 1.79 bits per heavy atom. The lowest BCUT2D eigenvalue weighted by Crippen LogP contribution is -2.08. The summed E-state index contributed by atoms with van der Waals surface area (Å²) >= 11 is 0. The van der Waals surface area contributed by atoms with Gasteiger partial charge in [0.2, 0.25) is 0 Å². The molecule has 0 radical (unpaired) electrons. The summed E-state index contributed by atoms with van der Waals surface area (Å²) in [6.45, 7) is -0.360. The molecule has 0 saturated heterocycles. The topological polar surface area (TPSA) is 59.1 Å². The van der Waals surface area contributed by atoms with E-state index in [9.17, 15) is 13.2 Å². The molecule has 1 aromatic carbocycles. The molecule has 0 saturated carbocycles. The van der Waals surface area contributed by atoms with Gasteiger partial charge >= 0.3 is 6.18 Å². The number of nitrogens with zero attached hydrogens (tertiary/aromatic N) is 1. The van der Waals surface area contributed by atoms with Crippen molar-refractivity contribution in [2.24, 2.45) is 0 Å². The van der Waals surface area contributed by atoms with Crippen LogP contribution in [-0.2, 0) is 12.8 Å². The Kier molecular flexibility index (Phi) is 3.44. The molecule has 2 aromatic rings. The van der Waals surface area contributed by atoms with E-state index in [2.05, 4.69) is 4.98 Å². The fourth-order valence-corrected chi connectivity index (χ4v) is 1.75. The smallest absolute Gasteiger partial charge is 0.397 e. The number of halogens is 3. The number of nitrogens with two attached hydrogens (primary N) is 1. The van der Waals surface area contributed by atoms with Crippen LogP contribution in [0.1, 0.15) is 11.3 Å². The Labute approximate surface area is 107 Å². The van der Waals surface area contributed by atoms with Gasteiger partial charge in [0.05, 0.1) is 29.2 Å². The Morgan fingerprint density at radius 1 is 1.11 bits per heavy atom. The highest BCUT2D eigenvalue weighted by molar-refractivity contribution is 5.75. The SMILES string of the molecule is Nc1ccc(CO)nc1-c1ccccc1C(F)(F)F. The van der Waals surface area contributed by atoms with Crippen molar-refractivity contribution in [2.75, 3.05) is 5.73 Å². The van der Waals surface area contributed by atoms with Gasteiger partial charge in [-0.2, -0.15) is 13.2 Å². The number of aromatic nitrogens is 1. The van der Waals surface area contributed by atoms with Crippen molar-refractivity contribution in [3.05, 3.63) is 47.7 Å². The Bertz CT molecular complexity index is 597. The van der Waals surface area contributed by atoms with E-state index in [1.54, 1.807) is 0 Å². The molecule has 3 nitrogen and oxygen atoms in total. The van der Waals surface area contributed by atoms with E-state index in [1.165, 1.54) is 30.3 Å². The second kappa shape index (κ2) is 4.89. The van der Waals surface area contributed by atoms with Crippen molar-refractivity contribution in [1.29, 1.82) is 0 Å². The third-order valence-corrected chi connectivity index (χ3v) is 2.63. The lowest BCUT2D eigenvalue weighted by atomic mass is 10.0. The number of rotatable bonds is 2. The summed E-state index contributed by atoms with van der Waals surface area (Å²) in [5.74, 6) is 0. The number of alkyl halides is 3. The minimum Gasteiger partial charge on any atom is -0.397 e. The van der Waals surface area contributed by atoms with Crippen molar-refractivity contribution in [1.82, 2.24) is 4.98 Å². The summed E-state index contributed by atoms with van der Waals surface area (Å²) in [6, 6.07) is 7.97. The average Bonchev–Trinajstić information content (AvgIpc) is 2.38. The monoisotopic (exact) mass is 268 g/mol. The molecular formula is C13H11F3N2O. The number of aliphatic hydroxyl groups is 1. The number of hydrogen-bond acceptors (Lipinski definition) is 3. The van der Waals surface area contributed by atoms with Gasteiger partial charge < -0.3 is 10.8 Å². The summed E-state index contributed by atoms with van der Waals surface area (Å²) in [5, 5.41) is 9.00. The molecule has 3 N–H and O–H groups in total. The van der Waals surface area contributed by atoms with E-state index in [1.807, 2.05) is 0 Å². The Balaban J connectivity index is 2.65. The Hall–Kier alpha value is -2.08. The van der Waals surface area contributed by atoms with Crippen molar-refractivity contribution < 1.29 is 18.3 Å². The van der Waals surface area contributed by atoms with Crippen molar-refractivity contribution in [2.45, 2.75) is 12.8 Å². The summed E-state index contributed by atoms with van der Waals surface area (Å²) < 4.78 is 38.8. The number of anilines is 1. The second-order valence-corrected chi connectivity index (χ2v) is 3.94. The fraction of sp³-hybridized carbons (Fsp3) is 0.154. The quantitative estimate of drug-likeness (QED) is 0.880. The molecule has 0 bridgehead atoms. The van der Waals surface area contributed by atoms with E-state index < -0.39 is 11.7 Å². The number of hydrogen-bond donors (Lipinski definition) is 2. The first-order chi connectivity index (χ1) is 8.93. The lowest BCUT2D eigenvalue weighted by molar-refractivity contribution is -0.137. The van der Waals surface area contributed by atoms with Crippen LogP contribution in [-0.4, -0.2) is 10.1 Å². The molecule has 100 valence electrons. The maximum atomic E-state index is 12.9. The molecule has 0 spiro atoms. The molecule has 1 aromatic heterocycles. The fourth-order valence-electron chi connectivity index (χ4n) is 1.75. The van der Waals surface area contributed by atoms with Gasteiger partial charge in [0.25, 0.3) is 0 Å². The van der Waals surface area contributed by atoms with Crippen LogP contribution in [0.15, 0.2) is 36.4 Å². The molecule has 2 rings (SSSR count). The van der Waals surface area contributed by atoms with Crippen molar-refractivity contribution >= 4 is 5.69 Å². The Morgan fingerprint density at radius 3 is 2.42 bits per heavy atom.